The van der Waals surface area contributed by atoms with Crippen LogP contribution in [0.4, 0.5) is 9.59 Å². The van der Waals surface area contributed by atoms with Crippen molar-refractivity contribution in [2.24, 2.45) is 47.3 Å². The van der Waals surface area contributed by atoms with E-state index in [4.69, 9.17) is 76.0 Å². The summed E-state index contributed by atoms with van der Waals surface area (Å²) in [6.07, 6.45) is 22.2. The summed E-state index contributed by atoms with van der Waals surface area (Å²) in [5.41, 5.74) is 5.05. The van der Waals surface area contributed by atoms with Gasteiger partial charge in [-0.15, -0.1) is 0 Å². The number of ether oxygens (including phenoxy) is 14. The number of hydrogen-bond acceptors (Lipinski definition) is 24. The zero-order valence-electron chi connectivity index (χ0n) is 72.6. The second-order valence-corrected chi connectivity index (χ2v) is 35.8. The zero-order valence-corrected chi connectivity index (χ0v) is 72.6. The minimum atomic E-state index is -1.89. The van der Waals surface area contributed by atoms with Gasteiger partial charge in [0.15, 0.2) is 24.2 Å². The van der Waals surface area contributed by atoms with Crippen molar-refractivity contribution in [1.29, 1.82) is 0 Å². The predicted molar refractivity (Wildman–Crippen MR) is 439 cm³/mol. The van der Waals surface area contributed by atoms with Gasteiger partial charge in [0.25, 0.3) is 0 Å². The molecule has 8 N–H and O–H groups in total. The van der Waals surface area contributed by atoms with Crippen LogP contribution in [0.15, 0.2) is 119 Å². The number of aliphatic hydroxyl groups is 4. The number of carbonyl (C=O) groups excluding carboxylic acids is 4. The Hall–Kier alpha value is -5.84. The molecule has 0 aromatic heterocycles. The lowest BCUT2D eigenvalue weighted by Crippen LogP contribution is -2.58. The maximum Gasteiger partial charge on any atom is 0.338 e. The summed E-state index contributed by atoms with van der Waals surface area (Å²) in [7, 11) is 3.17. The van der Waals surface area contributed by atoms with Crippen LogP contribution in [-0.4, -0.2) is 230 Å². The molecule has 2 unspecified atom stereocenters. The number of carbonyl (C=O) groups is 4. The molecule has 6 fully saturated rings. The summed E-state index contributed by atoms with van der Waals surface area (Å²) in [5, 5.41) is 53.8. The zero-order chi connectivity index (χ0) is 85.4. The van der Waals surface area contributed by atoms with Crippen molar-refractivity contribution in [3.63, 3.8) is 0 Å². The van der Waals surface area contributed by atoms with Gasteiger partial charge in [-0.25, -0.2) is 20.5 Å². The van der Waals surface area contributed by atoms with Crippen LogP contribution in [0.1, 0.15) is 193 Å². The average Bonchev–Trinajstić information content (AvgIpc) is 1.61. The number of hydroxylamine groups is 2. The molecular formula is C91H136N4O24. The fourth-order valence-electron chi connectivity index (χ4n) is 19.6. The van der Waals surface area contributed by atoms with Gasteiger partial charge in [-0.1, -0.05) is 160 Å². The third-order valence-corrected chi connectivity index (χ3v) is 27.0. The number of urea groups is 2. The van der Waals surface area contributed by atoms with Crippen molar-refractivity contribution in [1.82, 2.24) is 21.6 Å². The van der Waals surface area contributed by atoms with E-state index in [0.717, 1.165) is 43.3 Å². The van der Waals surface area contributed by atoms with Crippen LogP contribution in [0, 0.1) is 47.3 Å². The van der Waals surface area contributed by atoms with Crippen LogP contribution in [0.25, 0.3) is 0 Å². The van der Waals surface area contributed by atoms with Gasteiger partial charge in [0, 0.05) is 89.5 Å². The number of amides is 4. The topological polar surface area (TPSA) is 345 Å². The van der Waals surface area contributed by atoms with E-state index >= 15 is 0 Å². The van der Waals surface area contributed by atoms with Crippen molar-refractivity contribution < 1.29 is 116 Å². The molecule has 12 aliphatic rings. The first kappa shape index (κ1) is 92.3. The van der Waals surface area contributed by atoms with Gasteiger partial charge in [-0.3, -0.25) is 19.3 Å². The van der Waals surface area contributed by atoms with Crippen molar-refractivity contribution in [3.8, 4) is 0 Å². The largest absolute Gasteiger partial charge is 0.462 e. The molecule has 10 aliphatic heterocycles. The number of hydrogen-bond donors (Lipinski definition) is 8. The molecule has 28 nitrogen and oxygen atoms in total. The van der Waals surface area contributed by atoms with E-state index in [0.29, 0.717) is 73.9 Å². The van der Waals surface area contributed by atoms with Crippen molar-refractivity contribution in [2.45, 2.75) is 338 Å². The number of unbranched alkanes of at least 4 members (excludes halogenated alkanes) is 4. The monoisotopic (exact) mass is 1670 g/mol. The van der Waals surface area contributed by atoms with Gasteiger partial charge in [0.2, 0.25) is 0 Å². The highest BCUT2D eigenvalue weighted by molar-refractivity contribution is 5.79. The number of allylic oxidation sites excluding steroid dienone is 4. The first-order chi connectivity index (χ1) is 56.8. The van der Waals surface area contributed by atoms with Crippen molar-refractivity contribution in [3.05, 3.63) is 119 Å². The van der Waals surface area contributed by atoms with Gasteiger partial charge >= 0.3 is 24.0 Å². The molecule has 664 valence electrons. The molecule has 10 heterocycles. The SMILES string of the molecule is CCC(C)[C@H]1O[C@]2(C=C[C@@H]1C)C[C@@H]1C[C@@H](C/C=C(\C)[C@@H](O[C@H]3C[C@H](OC)[C@@H](ONC(=O)NCCCCCCCNC(=O)NO[C@H]4[C@H](C)O[C@@H](O[C@@H]5/C(C)=C/C[C@@H]6C[C@@H](C[C@]7(C=C[C@H](C)[C@@H](C(C)CC)O7)O6)OC(=O)[C@@H]6C=C(C)[C@@H](O)[C@H]7OC/C(=C\C=C\[C@@H]5C)[C@]76O)C[C@@H]4OC)[C@H](C)O3)[C@@H](C)/C=C/C=C3\CO[C@@H]4[C@H](O)C(C)=C[C@@H](C(=O)O1)[C@]34O)O2. The predicted octanol–water partition coefficient (Wildman–Crippen LogP) is 11.1. The minimum absolute atomic E-state index is 0.00733. The average molecular weight is 1670 g/mol. The van der Waals surface area contributed by atoms with Crippen LogP contribution in [0.2, 0.25) is 0 Å². The highest BCUT2D eigenvalue weighted by Gasteiger charge is 2.62. The van der Waals surface area contributed by atoms with E-state index in [2.05, 4.69) is 87.4 Å². The standard InChI is InChI=1S/C91H136N4O24/c1-17-50(3)78-56(9)34-36-88(116-78)46-66-42-64(114-88)32-30-54(7)76(52(5)26-24-28-62-48-106-82-74(96)58(11)40-68(84(98)110-66)90(62,82)102)112-72-44-70(104-15)80(60(13)108-72)118-94-86(100)92-38-22-20-19-21-23-39-93-87(101)95-119-81-61(14)109-73(45-71(81)105-16)113-77-53(6)27-25-29-63-49-107-83-75(97)59(12)41-69(91(63,83)103)85(99)111-67-43-65(33-31-55(77)8)115-89(47-67)37-35-57(10)79(117-89)51(4)18-2/h24-31,34-37,40-41,50-53,56-57,60-61,64-83,96-97,102-103H,17-23,32-33,38-39,42-49H2,1-16H3,(H2,92,94,100)(H2,93,95,101)/b26-24+,27-25+,54-30+,55-31+,62-28+,63-29+/t50?,51?,52-,53-,56-,57-,60-,61-,64+,65+,66-,67-,68-,69-,70-,71-,72-,73-,74+,75+,76-,77-,78+,79+,80-,81-,82+,83+,88+,89+,90+,91+/m0/s1. The van der Waals surface area contributed by atoms with Gasteiger partial charge in [-0.2, -0.15) is 0 Å². The molecule has 0 aromatic rings. The van der Waals surface area contributed by atoms with Crippen LogP contribution in [0.5, 0.6) is 0 Å². The molecule has 12 rings (SSSR count). The van der Waals surface area contributed by atoms with Gasteiger partial charge in [0.05, 0.1) is 74.3 Å². The fraction of sp³-hybridized carbons (Fsp3) is 0.736. The van der Waals surface area contributed by atoms with E-state index in [1.54, 1.807) is 52.4 Å². The van der Waals surface area contributed by atoms with E-state index in [-0.39, 0.29) is 86.6 Å². The summed E-state index contributed by atoms with van der Waals surface area (Å²) in [6, 6.07) is -1.02. The molecule has 32 atom stereocenters. The molecule has 0 aromatic carbocycles. The summed E-state index contributed by atoms with van der Waals surface area (Å²) in [4.78, 5) is 67.4. The van der Waals surface area contributed by atoms with Crippen LogP contribution in [-0.2, 0) is 85.6 Å². The molecule has 2 spiro atoms. The van der Waals surface area contributed by atoms with Crippen LogP contribution in [0.3, 0.4) is 0 Å². The molecule has 2 aliphatic carbocycles. The first-order valence-electron chi connectivity index (χ1n) is 43.9. The fourth-order valence-corrected chi connectivity index (χ4v) is 19.6. The number of aliphatic hydroxyl groups excluding tert-OH is 2. The van der Waals surface area contributed by atoms with Crippen molar-refractivity contribution >= 4 is 24.0 Å². The smallest absolute Gasteiger partial charge is 0.338 e. The highest BCUT2D eigenvalue weighted by atomic mass is 16.7. The molecule has 0 radical (unpaired) electrons. The van der Waals surface area contributed by atoms with Gasteiger partial charge in [-0.05, 0) is 125 Å². The molecule has 4 amide bonds. The lowest BCUT2D eigenvalue weighted by Gasteiger charge is -2.48. The summed E-state index contributed by atoms with van der Waals surface area (Å²) < 4.78 is 91.8. The van der Waals surface area contributed by atoms with Gasteiger partial charge in [0.1, 0.15) is 71.9 Å². The third-order valence-electron chi connectivity index (χ3n) is 27.0. The highest BCUT2D eigenvalue weighted by Crippen LogP contribution is 2.50. The molecule has 4 bridgehead atoms. The minimum Gasteiger partial charge on any atom is -0.462 e. The van der Waals surface area contributed by atoms with E-state index in [1.807, 2.05) is 78.0 Å². The van der Waals surface area contributed by atoms with Gasteiger partial charge < -0.3 is 97.4 Å². The second kappa shape index (κ2) is 40.4. The van der Waals surface area contributed by atoms with Crippen LogP contribution >= 0.6 is 0 Å². The molecule has 119 heavy (non-hydrogen) atoms. The summed E-state index contributed by atoms with van der Waals surface area (Å²) in [6.45, 7) is 28.9. The van der Waals surface area contributed by atoms with Crippen molar-refractivity contribution in [2.75, 3.05) is 40.5 Å². The summed E-state index contributed by atoms with van der Waals surface area (Å²) in [5.74, 6) is -5.66. The lowest BCUT2D eigenvalue weighted by atomic mass is 9.71. The van der Waals surface area contributed by atoms with Crippen LogP contribution < -0.4 is 21.6 Å². The Labute approximate surface area is 702 Å². The summed E-state index contributed by atoms with van der Waals surface area (Å²) >= 11 is 0. The quantitative estimate of drug-likeness (QED) is 0.0216. The Balaban J connectivity index is 0.586. The molecule has 6 saturated heterocycles. The number of nitrogens with one attached hydrogen (secondary N) is 4. The van der Waals surface area contributed by atoms with E-state index in [1.165, 1.54) is 0 Å². The Morgan fingerprint density at radius 3 is 1.31 bits per heavy atom. The lowest BCUT2D eigenvalue weighted by molar-refractivity contribution is -0.301. The number of esters is 2. The Morgan fingerprint density at radius 2 is 0.924 bits per heavy atom. The van der Waals surface area contributed by atoms with E-state index in [9.17, 15) is 39.6 Å². The Kier molecular flexibility index (Phi) is 31.4. The van der Waals surface area contributed by atoms with E-state index < -0.39 is 169 Å². The number of rotatable bonds is 22. The molecule has 0 saturated carbocycles. The molecular weight excluding hydrogens is 1530 g/mol. The third kappa shape index (κ3) is 21.1. The maximum absolute atomic E-state index is 14.5. The molecule has 28 heteroatoms. The second-order valence-electron chi connectivity index (χ2n) is 35.8. The Bertz CT molecular complexity index is 3580. The number of fused-ring (bicyclic) bond motifs is 4. The first-order valence-corrected chi connectivity index (χ1v) is 43.9. The Morgan fingerprint density at radius 1 is 0.529 bits per heavy atom. The number of methoxy groups -OCH3 is 2. The normalized spacial score (nSPS) is 44.1. The maximum atomic E-state index is 14.5.